The van der Waals surface area contributed by atoms with Crippen LogP contribution in [0.5, 0.6) is 17.6 Å². The monoisotopic (exact) mass is 358 g/mol. The molecule has 0 aromatic carbocycles. The molecule has 8 nitrogen and oxygen atoms in total. The Labute approximate surface area is 152 Å². The molecule has 3 heterocycles. The van der Waals surface area contributed by atoms with Crippen molar-refractivity contribution in [3.8, 4) is 17.6 Å². The van der Waals surface area contributed by atoms with Crippen molar-refractivity contribution in [2.45, 2.75) is 25.9 Å². The predicted octanol–water partition coefficient (Wildman–Crippen LogP) is 1.96. The molecular formula is C18H22N4O4. The summed E-state index contributed by atoms with van der Waals surface area (Å²) in [5.41, 5.74) is 0.472. The normalized spacial score (nSPS) is 16.8. The highest BCUT2D eigenvalue weighted by molar-refractivity contribution is 5.96. The van der Waals surface area contributed by atoms with Gasteiger partial charge in [0, 0.05) is 24.9 Å². The van der Waals surface area contributed by atoms with E-state index in [1.807, 2.05) is 6.92 Å². The topological polar surface area (TPSA) is 86.7 Å². The van der Waals surface area contributed by atoms with E-state index in [4.69, 9.17) is 14.2 Å². The van der Waals surface area contributed by atoms with Crippen LogP contribution in [0.2, 0.25) is 0 Å². The number of hydrogen-bond donors (Lipinski definition) is 0. The van der Waals surface area contributed by atoms with Crippen molar-refractivity contribution in [2.75, 3.05) is 26.8 Å². The van der Waals surface area contributed by atoms with Crippen LogP contribution < -0.4 is 14.2 Å². The van der Waals surface area contributed by atoms with E-state index in [-0.39, 0.29) is 12.0 Å². The second-order valence-corrected chi connectivity index (χ2v) is 5.84. The summed E-state index contributed by atoms with van der Waals surface area (Å²) in [5, 5.41) is 7.87. The van der Waals surface area contributed by atoms with Crippen LogP contribution in [0.3, 0.4) is 0 Å². The smallest absolute Gasteiger partial charge is 0.259 e. The number of carbonyl (C=O) groups excluding carboxylic acids is 1. The van der Waals surface area contributed by atoms with Crippen LogP contribution in [-0.4, -0.2) is 58.9 Å². The Morgan fingerprint density at radius 3 is 2.81 bits per heavy atom. The summed E-state index contributed by atoms with van der Waals surface area (Å²) in [6.07, 6.45) is 3.18. The number of nitrogens with zero attached hydrogens (tertiary/aromatic N) is 4. The van der Waals surface area contributed by atoms with Crippen LogP contribution in [-0.2, 0) is 0 Å². The number of amides is 1. The number of ether oxygens (including phenoxy) is 3. The number of carbonyl (C=O) groups is 1. The predicted molar refractivity (Wildman–Crippen MR) is 93.5 cm³/mol. The third-order valence-corrected chi connectivity index (χ3v) is 4.06. The minimum Gasteiger partial charge on any atom is -0.480 e. The first-order valence-electron chi connectivity index (χ1n) is 8.62. The molecule has 1 unspecified atom stereocenters. The number of piperidine rings is 1. The van der Waals surface area contributed by atoms with E-state index in [1.165, 1.54) is 7.11 Å². The van der Waals surface area contributed by atoms with E-state index in [9.17, 15) is 4.79 Å². The molecule has 0 aliphatic carbocycles. The molecule has 1 saturated heterocycles. The third kappa shape index (κ3) is 4.19. The van der Waals surface area contributed by atoms with Crippen molar-refractivity contribution < 1.29 is 19.0 Å². The summed E-state index contributed by atoms with van der Waals surface area (Å²) in [5.74, 6) is 1.11. The molecular weight excluding hydrogens is 336 g/mol. The molecule has 0 radical (unpaired) electrons. The number of methoxy groups -OCH3 is 1. The molecule has 1 amide bonds. The van der Waals surface area contributed by atoms with Gasteiger partial charge in [0.1, 0.15) is 11.7 Å². The molecule has 2 aromatic heterocycles. The van der Waals surface area contributed by atoms with E-state index in [0.717, 1.165) is 12.8 Å². The van der Waals surface area contributed by atoms with Gasteiger partial charge in [-0.1, -0.05) is 0 Å². The van der Waals surface area contributed by atoms with Gasteiger partial charge in [0.25, 0.3) is 5.91 Å². The van der Waals surface area contributed by atoms with E-state index < -0.39 is 0 Å². The second kappa shape index (κ2) is 8.46. The van der Waals surface area contributed by atoms with E-state index in [1.54, 1.807) is 35.4 Å². The lowest BCUT2D eigenvalue weighted by atomic mass is 10.1. The average molecular weight is 358 g/mol. The van der Waals surface area contributed by atoms with Crippen LogP contribution in [0.1, 0.15) is 30.1 Å². The Balaban J connectivity index is 1.67. The maximum Gasteiger partial charge on any atom is 0.259 e. The van der Waals surface area contributed by atoms with E-state index in [0.29, 0.717) is 42.9 Å². The van der Waals surface area contributed by atoms with Gasteiger partial charge >= 0.3 is 0 Å². The van der Waals surface area contributed by atoms with Crippen molar-refractivity contribution in [2.24, 2.45) is 0 Å². The molecule has 1 atom stereocenters. The van der Waals surface area contributed by atoms with E-state index in [2.05, 4.69) is 15.2 Å². The molecule has 0 bridgehead atoms. The number of pyridine rings is 1. The largest absolute Gasteiger partial charge is 0.480 e. The molecule has 138 valence electrons. The summed E-state index contributed by atoms with van der Waals surface area (Å²) < 4.78 is 16.3. The number of rotatable bonds is 6. The lowest BCUT2D eigenvalue weighted by molar-refractivity contribution is 0.0521. The number of hydrogen-bond acceptors (Lipinski definition) is 7. The zero-order chi connectivity index (χ0) is 18.4. The molecule has 0 spiro atoms. The standard InChI is InChI=1S/C18H22N4O4/c1-3-25-17-14(7-4-10-19-17)18(23)22-11-5-6-13(12-22)26-16-9-8-15(24-2)20-21-16/h4,7-10,13H,3,5-6,11-12H2,1-2H3. The van der Waals surface area contributed by atoms with Crippen molar-refractivity contribution in [1.29, 1.82) is 0 Å². The minimum absolute atomic E-state index is 0.101. The Morgan fingerprint density at radius 2 is 2.08 bits per heavy atom. The Kier molecular flexibility index (Phi) is 5.83. The van der Waals surface area contributed by atoms with Gasteiger partial charge in [-0.3, -0.25) is 4.79 Å². The van der Waals surface area contributed by atoms with Gasteiger partial charge in [0.15, 0.2) is 0 Å². The lowest BCUT2D eigenvalue weighted by Gasteiger charge is -2.32. The molecule has 1 aliphatic rings. The summed E-state index contributed by atoms with van der Waals surface area (Å²) >= 11 is 0. The van der Waals surface area contributed by atoms with Crippen LogP contribution in [0, 0.1) is 0 Å². The molecule has 8 heteroatoms. The molecule has 1 fully saturated rings. The highest BCUT2D eigenvalue weighted by Crippen LogP contribution is 2.22. The number of aromatic nitrogens is 3. The molecule has 0 saturated carbocycles. The Hall–Kier alpha value is -2.90. The van der Waals surface area contributed by atoms with Gasteiger partial charge in [-0.25, -0.2) is 4.98 Å². The SMILES string of the molecule is CCOc1ncccc1C(=O)N1CCCC(Oc2ccc(OC)nn2)C1. The van der Waals surface area contributed by atoms with Crippen LogP contribution in [0.25, 0.3) is 0 Å². The summed E-state index contributed by atoms with van der Waals surface area (Å²) in [7, 11) is 1.53. The van der Waals surface area contributed by atoms with Crippen molar-refractivity contribution in [1.82, 2.24) is 20.1 Å². The maximum atomic E-state index is 12.9. The average Bonchev–Trinajstić information content (AvgIpc) is 2.69. The second-order valence-electron chi connectivity index (χ2n) is 5.84. The molecule has 0 N–H and O–H groups in total. The summed E-state index contributed by atoms with van der Waals surface area (Å²) in [6, 6.07) is 6.87. The van der Waals surface area contributed by atoms with E-state index >= 15 is 0 Å². The summed E-state index contributed by atoms with van der Waals surface area (Å²) in [4.78, 5) is 18.8. The van der Waals surface area contributed by atoms with Crippen LogP contribution in [0.4, 0.5) is 0 Å². The third-order valence-electron chi connectivity index (χ3n) is 4.06. The first-order valence-corrected chi connectivity index (χ1v) is 8.62. The van der Waals surface area contributed by atoms with Crippen LogP contribution in [0.15, 0.2) is 30.5 Å². The van der Waals surface area contributed by atoms with Crippen LogP contribution >= 0.6 is 0 Å². The number of likely N-dealkylation sites (tertiary alicyclic amines) is 1. The van der Waals surface area contributed by atoms with Gasteiger partial charge in [-0.05, 0) is 31.9 Å². The van der Waals surface area contributed by atoms with Gasteiger partial charge in [0.2, 0.25) is 17.6 Å². The van der Waals surface area contributed by atoms with Crippen molar-refractivity contribution in [3.05, 3.63) is 36.0 Å². The zero-order valence-electron chi connectivity index (χ0n) is 14.9. The van der Waals surface area contributed by atoms with Crippen molar-refractivity contribution in [3.63, 3.8) is 0 Å². The van der Waals surface area contributed by atoms with Gasteiger partial charge < -0.3 is 19.1 Å². The fraction of sp³-hybridized carbons (Fsp3) is 0.444. The fourth-order valence-corrected chi connectivity index (χ4v) is 2.84. The first kappa shape index (κ1) is 17.9. The van der Waals surface area contributed by atoms with Gasteiger partial charge in [0.05, 0.1) is 20.3 Å². The van der Waals surface area contributed by atoms with Gasteiger partial charge in [-0.15, -0.1) is 10.2 Å². The Morgan fingerprint density at radius 1 is 1.27 bits per heavy atom. The molecule has 2 aromatic rings. The molecule has 1 aliphatic heterocycles. The highest BCUT2D eigenvalue weighted by Gasteiger charge is 2.28. The lowest BCUT2D eigenvalue weighted by Crippen LogP contribution is -2.44. The molecule has 26 heavy (non-hydrogen) atoms. The maximum absolute atomic E-state index is 12.9. The summed E-state index contributed by atoms with van der Waals surface area (Å²) in [6.45, 7) is 3.48. The molecule has 3 rings (SSSR count). The Bertz CT molecular complexity index is 738. The minimum atomic E-state index is -0.136. The van der Waals surface area contributed by atoms with Crippen molar-refractivity contribution >= 4 is 5.91 Å². The zero-order valence-corrected chi connectivity index (χ0v) is 14.9. The van der Waals surface area contributed by atoms with Gasteiger partial charge in [-0.2, -0.15) is 0 Å². The highest BCUT2D eigenvalue weighted by atomic mass is 16.5. The quantitative estimate of drug-likeness (QED) is 0.780. The first-order chi connectivity index (χ1) is 12.7. The fourth-order valence-electron chi connectivity index (χ4n) is 2.84.